The highest BCUT2D eigenvalue weighted by atomic mass is 32.2. The quantitative estimate of drug-likeness (QED) is 0.844. The fourth-order valence-corrected chi connectivity index (χ4v) is 4.86. The predicted molar refractivity (Wildman–Crippen MR) is 94.8 cm³/mol. The lowest BCUT2D eigenvalue weighted by atomic mass is 10.0. The molecule has 1 saturated heterocycles. The van der Waals surface area contributed by atoms with Gasteiger partial charge in [-0.3, -0.25) is 10.1 Å². The number of carbonyl (C=O) groups is 1. The molecule has 134 valence electrons. The van der Waals surface area contributed by atoms with E-state index in [4.69, 9.17) is 4.42 Å². The molecule has 0 bridgehead atoms. The summed E-state index contributed by atoms with van der Waals surface area (Å²) < 4.78 is 28.7. The van der Waals surface area contributed by atoms with Crippen LogP contribution in [0.5, 0.6) is 0 Å². The van der Waals surface area contributed by atoms with Crippen LogP contribution in [0.2, 0.25) is 0 Å². The van der Waals surface area contributed by atoms with E-state index in [2.05, 4.69) is 5.32 Å². The average Bonchev–Trinajstić information content (AvgIpc) is 3.25. The minimum Gasteiger partial charge on any atom is -0.467 e. The van der Waals surface area contributed by atoms with Gasteiger partial charge < -0.3 is 9.32 Å². The van der Waals surface area contributed by atoms with Crippen LogP contribution in [0.25, 0.3) is 0 Å². The van der Waals surface area contributed by atoms with Gasteiger partial charge in [0.25, 0.3) is 0 Å². The Bertz CT molecular complexity index is 803. The first-order valence-corrected chi connectivity index (χ1v) is 10.1. The number of rotatable bonds is 6. The van der Waals surface area contributed by atoms with Crippen molar-refractivity contribution in [2.45, 2.75) is 18.5 Å². The Balaban J connectivity index is 1.66. The van der Waals surface area contributed by atoms with Crippen molar-refractivity contribution < 1.29 is 17.6 Å². The number of carbonyl (C=O) groups excluding carboxylic acids is 1. The molecule has 0 unspecified atom stereocenters. The monoisotopic (exact) mass is 362 g/mol. The molecule has 2 atom stereocenters. The van der Waals surface area contributed by atoms with Gasteiger partial charge in [-0.1, -0.05) is 30.3 Å². The zero-order valence-corrected chi connectivity index (χ0v) is 14.9. The van der Waals surface area contributed by atoms with Crippen LogP contribution < -0.4 is 5.32 Å². The highest BCUT2D eigenvalue weighted by Crippen LogP contribution is 2.22. The molecule has 0 spiro atoms. The maximum atomic E-state index is 12.5. The number of benzene rings is 1. The van der Waals surface area contributed by atoms with E-state index in [-0.39, 0.29) is 36.0 Å². The Hall–Kier alpha value is -2.12. The van der Waals surface area contributed by atoms with Gasteiger partial charge in [0, 0.05) is 13.1 Å². The van der Waals surface area contributed by atoms with Crippen LogP contribution in [0.15, 0.2) is 53.1 Å². The molecule has 0 aliphatic carbocycles. The summed E-state index contributed by atoms with van der Waals surface area (Å²) in [6.45, 7) is 0.104. The number of nitrogens with one attached hydrogen (secondary N) is 1. The summed E-state index contributed by atoms with van der Waals surface area (Å²) in [5, 5.41) is 3.23. The van der Waals surface area contributed by atoms with E-state index in [0.29, 0.717) is 6.42 Å². The van der Waals surface area contributed by atoms with Gasteiger partial charge in [-0.15, -0.1) is 0 Å². The largest absolute Gasteiger partial charge is 0.467 e. The molecule has 1 aliphatic heterocycles. The molecule has 2 heterocycles. The summed E-state index contributed by atoms with van der Waals surface area (Å²) in [7, 11) is -1.35. The van der Waals surface area contributed by atoms with Crippen molar-refractivity contribution in [1.82, 2.24) is 10.2 Å². The van der Waals surface area contributed by atoms with Crippen LogP contribution in [0.3, 0.4) is 0 Å². The molecule has 1 fully saturated rings. The second-order valence-corrected chi connectivity index (χ2v) is 8.53. The first-order chi connectivity index (χ1) is 12.0. The molecule has 25 heavy (non-hydrogen) atoms. The Kier molecular flexibility index (Phi) is 5.24. The van der Waals surface area contributed by atoms with Crippen molar-refractivity contribution in [3.63, 3.8) is 0 Å². The van der Waals surface area contributed by atoms with Crippen molar-refractivity contribution in [1.29, 1.82) is 0 Å². The van der Waals surface area contributed by atoms with Crippen LogP contribution >= 0.6 is 0 Å². The van der Waals surface area contributed by atoms with Gasteiger partial charge in [0.1, 0.15) is 5.76 Å². The van der Waals surface area contributed by atoms with Crippen molar-refractivity contribution in [2.24, 2.45) is 0 Å². The van der Waals surface area contributed by atoms with Crippen LogP contribution in [0.4, 0.5) is 0 Å². The number of hydrogen-bond acceptors (Lipinski definition) is 5. The van der Waals surface area contributed by atoms with Gasteiger partial charge >= 0.3 is 0 Å². The second-order valence-electron chi connectivity index (χ2n) is 6.30. The van der Waals surface area contributed by atoms with E-state index in [0.717, 1.165) is 11.3 Å². The lowest BCUT2D eigenvalue weighted by Crippen LogP contribution is -2.43. The normalized spacial score (nSPS) is 20.3. The summed E-state index contributed by atoms with van der Waals surface area (Å²) in [6.07, 6.45) is 2.11. The third kappa shape index (κ3) is 4.29. The lowest BCUT2D eigenvalue weighted by molar-refractivity contribution is -0.130. The summed E-state index contributed by atoms with van der Waals surface area (Å²) in [5.41, 5.74) is 0.997. The lowest BCUT2D eigenvalue weighted by Gasteiger charge is -2.25. The minimum absolute atomic E-state index is 0.0511. The Morgan fingerprint density at radius 3 is 2.64 bits per heavy atom. The number of amides is 1. The highest BCUT2D eigenvalue weighted by molar-refractivity contribution is 7.91. The highest BCUT2D eigenvalue weighted by Gasteiger charge is 2.32. The van der Waals surface area contributed by atoms with Crippen molar-refractivity contribution >= 4 is 15.7 Å². The van der Waals surface area contributed by atoms with E-state index in [1.54, 1.807) is 18.2 Å². The zero-order chi connectivity index (χ0) is 17.9. The maximum absolute atomic E-state index is 12.5. The molecule has 1 aliphatic rings. The minimum atomic E-state index is -3.01. The molecular weight excluding hydrogens is 340 g/mol. The molecule has 6 nitrogen and oxygen atoms in total. The van der Waals surface area contributed by atoms with Crippen LogP contribution in [-0.4, -0.2) is 50.4 Å². The third-order valence-corrected chi connectivity index (χ3v) is 6.32. The van der Waals surface area contributed by atoms with Crippen molar-refractivity contribution in [3.05, 3.63) is 60.1 Å². The molecule has 0 saturated carbocycles. The standard InChI is InChI=1S/C18H22N2O4S/c1-20(15-9-11-25(22,23)13-15)17(21)12-19-18(16-8-5-10-24-16)14-6-3-2-4-7-14/h2-8,10,15,18-19H,9,11-13H2,1H3/t15-,18-/m1/s1. The molecule has 1 aromatic carbocycles. The average molecular weight is 362 g/mol. The molecule has 2 aromatic rings. The SMILES string of the molecule is CN(C(=O)CN[C@H](c1ccccc1)c1ccco1)[C@@H]1CCS(=O)(=O)C1. The first kappa shape index (κ1) is 17.7. The van der Waals surface area contributed by atoms with Gasteiger partial charge in [0.15, 0.2) is 9.84 Å². The summed E-state index contributed by atoms with van der Waals surface area (Å²) in [5.74, 6) is 0.803. The molecule has 7 heteroatoms. The Morgan fingerprint density at radius 2 is 2.04 bits per heavy atom. The zero-order valence-electron chi connectivity index (χ0n) is 14.1. The van der Waals surface area contributed by atoms with Gasteiger partial charge in [-0.2, -0.15) is 0 Å². The molecule has 1 amide bonds. The topological polar surface area (TPSA) is 79.6 Å². The number of furan rings is 1. The molecule has 3 rings (SSSR count). The number of likely N-dealkylation sites (N-methyl/N-ethyl adjacent to an activating group) is 1. The van der Waals surface area contributed by atoms with Crippen LogP contribution in [0.1, 0.15) is 23.8 Å². The van der Waals surface area contributed by atoms with E-state index in [1.165, 1.54) is 0 Å². The molecule has 1 aromatic heterocycles. The molecule has 0 radical (unpaired) electrons. The number of sulfone groups is 1. The fourth-order valence-electron chi connectivity index (χ4n) is 3.08. The summed E-state index contributed by atoms with van der Waals surface area (Å²) >= 11 is 0. The van der Waals surface area contributed by atoms with E-state index in [9.17, 15) is 13.2 Å². The third-order valence-electron chi connectivity index (χ3n) is 4.57. The Morgan fingerprint density at radius 1 is 1.28 bits per heavy atom. The van der Waals surface area contributed by atoms with Crippen LogP contribution in [-0.2, 0) is 14.6 Å². The van der Waals surface area contributed by atoms with Gasteiger partial charge in [-0.05, 0) is 24.1 Å². The van der Waals surface area contributed by atoms with E-state index >= 15 is 0 Å². The van der Waals surface area contributed by atoms with Gasteiger partial charge in [0.2, 0.25) is 5.91 Å². The van der Waals surface area contributed by atoms with Gasteiger partial charge in [0.05, 0.1) is 30.4 Å². The van der Waals surface area contributed by atoms with E-state index < -0.39 is 9.84 Å². The Labute approximate surface area is 147 Å². The second kappa shape index (κ2) is 7.41. The van der Waals surface area contributed by atoms with E-state index in [1.807, 2.05) is 42.5 Å². The first-order valence-electron chi connectivity index (χ1n) is 8.24. The van der Waals surface area contributed by atoms with Crippen molar-refractivity contribution in [3.8, 4) is 0 Å². The maximum Gasteiger partial charge on any atom is 0.236 e. The summed E-state index contributed by atoms with van der Waals surface area (Å²) in [6, 6.07) is 12.9. The number of nitrogens with zero attached hydrogens (tertiary/aromatic N) is 1. The molecular formula is C18H22N2O4S. The van der Waals surface area contributed by atoms with Gasteiger partial charge in [-0.25, -0.2) is 8.42 Å². The molecule has 1 N–H and O–H groups in total. The summed E-state index contributed by atoms with van der Waals surface area (Å²) in [4.78, 5) is 14.0. The smallest absolute Gasteiger partial charge is 0.236 e. The number of hydrogen-bond donors (Lipinski definition) is 1. The fraction of sp³-hybridized carbons (Fsp3) is 0.389. The predicted octanol–water partition coefficient (Wildman–Crippen LogP) is 1.60. The van der Waals surface area contributed by atoms with Crippen molar-refractivity contribution in [2.75, 3.05) is 25.1 Å². The van der Waals surface area contributed by atoms with Crippen LogP contribution in [0, 0.1) is 0 Å².